The lowest BCUT2D eigenvalue weighted by molar-refractivity contribution is 0.543. The van der Waals surface area contributed by atoms with Crippen molar-refractivity contribution < 1.29 is 0 Å². The van der Waals surface area contributed by atoms with Crippen LogP contribution in [0.15, 0.2) is 0 Å². The van der Waals surface area contributed by atoms with Gasteiger partial charge in [-0.2, -0.15) is 5.10 Å². The molecule has 1 heterocycles. The van der Waals surface area contributed by atoms with Gasteiger partial charge < -0.3 is 0 Å². The normalized spacial score (nSPS) is 16.3. The highest BCUT2D eigenvalue weighted by molar-refractivity contribution is 5.34. The first-order valence-corrected chi connectivity index (χ1v) is 5.05. The molecule has 0 saturated carbocycles. The van der Waals surface area contributed by atoms with E-state index in [0.29, 0.717) is 0 Å². The van der Waals surface area contributed by atoms with Gasteiger partial charge in [-0.1, -0.05) is 20.8 Å². The van der Waals surface area contributed by atoms with E-state index in [1.54, 1.807) is 0 Å². The highest BCUT2D eigenvalue weighted by Gasteiger charge is 2.27. The molecule has 0 aliphatic heterocycles. The smallest absolute Gasteiger partial charge is 0.0712 e. The molecule has 1 aromatic rings. The van der Waals surface area contributed by atoms with Gasteiger partial charge in [0.15, 0.2) is 0 Å². The van der Waals surface area contributed by atoms with Crippen LogP contribution in [0.5, 0.6) is 0 Å². The lowest BCUT2D eigenvalue weighted by atomic mass is 9.89. The van der Waals surface area contributed by atoms with E-state index in [-0.39, 0.29) is 5.41 Å². The lowest BCUT2D eigenvalue weighted by Crippen LogP contribution is -2.14. The molecule has 1 aliphatic carbocycles. The first-order valence-electron chi connectivity index (χ1n) is 5.05. The van der Waals surface area contributed by atoms with Crippen molar-refractivity contribution in [3.63, 3.8) is 0 Å². The van der Waals surface area contributed by atoms with Crippen LogP contribution in [0.4, 0.5) is 0 Å². The van der Waals surface area contributed by atoms with Crippen molar-refractivity contribution in [2.45, 2.75) is 45.4 Å². The minimum absolute atomic E-state index is 0.204. The van der Waals surface area contributed by atoms with Crippen LogP contribution in [0.3, 0.4) is 0 Å². The molecule has 2 rings (SSSR count). The summed E-state index contributed by atoms with van der Waals surface area (Å²) in [7, 11) is 2.07. The van der Waals surface area contributed by atoms with Crippen LogP contribution < -0.4 is 0 Å². The Balaban J connectivity index is 2.55. The van der Waals surface area contributed by atoms with E-state index < -0.39 is 0 Å². The summed E-state index contributed by atoms with van der Waals surface area (Å²) < 4.78 is 2.07. The summed E-state index contributed by atoms with van der Waals surface area (Å²) in [5.74, 6) is 0. The van der Waals surface area contributed by atoms with Crippen LogP contribution >= 0.6 is 0 Å². The molecule has 0 saturated heterocycles. The number of fused-ring (bicyclic) bond motifs is 1. The van der Waals surface area contributed by atoms with Crippen molar-refractivity contribution in [2.75, 3.05) is 0 Å². The van der Waals surface area contributed by atoms with E-state index in [4.69, 9.17) is 0 Å². The molecule has 72 valence electrons. The summed E-state index contributed by atoms with van der Waals surface area (Å²) in [5.41, 5.74) is 4.50. The summed E-state index contributed by atoms with van der Waals surface area (Å²) >= 11 is 0. The molecular weight excluding hydrogens is 160 g/mol. The Hall–Kier alpha value is -0.790. The number of hydrogen-bond donors (Lipinski definition) is 0. The van der Waals surface area contributed by atoms with Crippen LogP contribution in [-0.2, 0) is 25.3 Å². The SMILES string of the molecule is Cn1nc(C(C)(C)C)c2c1CCC2. The number of nitrogens with zero attached hydrogens (tertiary/aromatic N) is 2. The molecular formula is C11H18N2. The van der Waals surface area contributed by atoms with Gasteiger partial charge in [-0.05, 0) is 24.8 Å². The molecule has 0 atom stereocenters. The van der Waals surface area contributed by atoms with Crippen molar-refractivity contribution >= 4 is 0 Å². The number of hydrogen-bond acceptors (Lipinski definition) is 1. The summed E-state index contributed by atoms with van der Waals surface area (Å²) in [6.45, 7) is 6.73. The maximum atomic E-state index is 4.62. The molecule has 13 heavy (non-hydrogen) atoms. The second-order valence-electron chi connectivity index (χ2n) is 5.00. The third kappa shape index (κ3) is 1.28. The quantitative estimate of drug-likeness (QED) is 0.595. The van der Waals surface area contributed by atoms with E-state index in [1.807, 2.05) is 0 Å². The van der Waals surface area contributed by atoms with E-state index in [2.05, 4.69) is 37.6 Å². The average molecular weight is 178 g/mol. The predicted molar refractivity (Wildman–Crippen MR) is 53.9 cm³/mol. The lowest BCUT2D eigenvalue weighted by Gasteiger charge is -2.16. The van der Waals surface area contributed by atoms with Gasteiger partial charge in [0.1, 0.15) is 0 Å². The second kappa shape index (κ2) is 2.60. The Kier molecular flexibility index (Phi) is 1.76. The summed E-state index contributed by atoms with van der Waals surface area (Å²) in [5, 5.41) is 4.62. The summed E-state index contributed by atoms with van der Waals surface area (Å²) in [6, 6.07) is 0. The van der Waals surface area contributed by atoms with Gasteiger partial charge in [0.25, 0.3) is 0 Å². The maximum Gasteiger partial charge on any atom is 0.0712 e. The van der Waals surface area contributed by atoms with Crippen molar-refractivity contribution in [1.29, 1.82) is 0 Å². The topological polar surface area (TPSA) is 17.8 Å². The third-order valence-electron chi connectivity index (χ3n) is 2.83. The molecule has 0 fully saturated rings. The number of aromatic nitrogens is 2. The zero-order valence-electron chi connectivity index (χ0n) is 9.02. The maximum absolute atomic E-state index is 4.62. The van der Waals surface area contributed by atoms with Gasteiger partial charge in [-0.15, -0.1) is 0 Å². The van der Waals surface area contributed by atoms with Crippen molar-refractivity contribution in [1.82, 2.24) is 9.78 Å². The zero-order valence-corrected chi connectivity index (χ0v) is 9.02. The molecule has 2 nitrogen and oxygen atoms in total. The van der Waals surface area contributed by atoms with E-state index >= 15 is 0 Å². The molecule has 2 heteroatoms. The largest absolute Gasteiger partial charge is 0.272 e. The molecule has 0 aromatic carbocycles. The van der Waals surface area contributed by atoms with Crippen LogP contribution in [0, 0.1) is 0 Å². The Morgan fingerprint density at radius 2 is 1.92 bits per heavy atom. The first kappa shape index (κ1) is 8.79. The van der Waals surface area contributed by atoms with Gasteiger partial charge in [-0.3, -0.25) is 4.68 Å². The van der Waals surface area contributed by atoms with E-state index in [1.165, 1.54) is 36.2 Å². The standard InChI is InChI=1S/C11H18N2/c1-11(2,3)10-8-6-5-7-9(8)13(4)12-10/h5-7H2,1-4H3. The Labute approximate surface area is 80.0 Å². The monoisotopic (exact) mass is 178 g/mol. The van der Waals surface area contributed by atoms with Crippen LogP contribution in [-0.4, -0.2) is 9.78 Å². The fourth-order valence-corrected chi connectivity index (χ4v) is 2.21. The third-order valence-corrected chi connectivity index (χ3v) is 2.83. The molecule has 1 aromatic heterocycles. The Morgan fingerprint density at radius 3 is 2.54 bits per heavy atom. The van der Waals surface area contributed by atoms with Gasteiger partial charge >= 0.3 is 0 Å². The van der Waals surface area contributed by atoms with E-state index in [0.717, 1.165) is 0 Å². The van der Waals surface area contributed by atoms with Crippen LogP contribution in [0.25, 0.3) is 0 Å². The van der Waals surface area contributed by atoms with Gasteiger partial charge in [-0.25, -0.2) is 0 Å². The predicted octanol–water partition coefficient (Wildman–Crippen LogP) is 2.21. The molecule has 0 radical (unpaired) electrons. The number of aryl methyl sites for hydroxylation is 1. The second-order valence-corrected chi connectivity index (χ2v) is 5.00. The minimum atomic E-state index is 0.204. The molecule has 0 bridgehead atoms. The van der Waals surface area contributed by atoms with E-state index in [9.17, 15) is 0 Å². The van der Waals surface area contributed by atoms with Crippen LogP contribution in [0.2, 0.25) is 0 Å². The highest BCUT2D eigenvalue weighted by atomic mass is 15.3. The van der Waals surface area contributed by atoms with Crippen molar-refractivity contribution in [3.8, 4) is 0 Å². The minimum Gasteiger partial charge on any atom is -0.272 e. The van der Waals surface area contributed by atoms with Gasteiger partial charge in [0, 0.05) is 18.2 Å². The molecule has 0 amide bonds. The first-order chi connectivity index (χ1) is 6.00. The average Bonchev–Trinajstić information content (AvgIpc) is 2.51. The van der Waals surface area contributed by atoms with Gasteiger partial charge in [0.05, 0.1) is 5.69 Å². The number of rotatable bonds is 0. The summed E-state index contributed by atoms with van der Waals surface area (Å²) in [4.78, 5) is 0. The fraction of sp³-hybridized carbons (Fsp3) is 0.727. The van der Waals surface area contributed by atoms with Crippen molar-refractivity contribution in [2.24, 2.45) is 7.05 Å². The van der Waals surface area contributed by atoms with Gasteiger partial charge in [0.2, 0.25) is 0 Å². The van der Waals surface area contributed by atoms with Crippen LogP contribution in [0.1, 0.15) is 44.1 Å². The van der Waals surface area contributed by atoms with Crippen molar-refractivity contribution in [3.05, 3.63) is 17.0 Å². The molecule has 0 spiro atoms. The molecule has 1 aliphatic rings. The zero-order chi connectivity index (χ0) is 9.64. The summed E-state index contributed by atoms with van der Waals surface area (Å²) in [6.07, 6.45) is 3.76. The Morgan fingerprint density at radius 1 is 1.23 bits per heavy atom. The fourth-order valence-electron chi connectivity index (χ4n) is 2.21. The molecule has 0 unspecified atom stereocenters. The molecule has 0 N–H and O–H groups in total. The highest BCUT2D eigenvalue weighted by Crippen LogP contribution is 2.32. The Bertz CT molecular complexity index is 329.